The minimum atomic E-state index is -4.49. The summed E-state index contributed by atoms with van der Waals surface area (Å²) < 4.78 is 39.0. The number of nitrogens with one attached hydrogen (secondary N) is 1. The predicted molar refractivity (Wildman–Crippen MR) is 93.4 cm³/mol. The molecule has 3 nitrogen and oxygen atoms in total. The maximum atomic E-state index is 13.0. The molecule has 0 spiro atoms. The van der Waals surface area contributed by atoms with Crippen LogP contribution in [0.1, 0.15) is 18.1 Å². The summed E-state index contributed by atoms with van der Waals surface area (Å²) in [5.74, 6) is -0.520. The Labute approximate surface area is 144 Å². The van der Waals surface area contributed by atoms with Crippen LogP contribution >= 0.6 is 0 Å². The monoisotopic (exact) mass is 348 g/mol. The Morgan fingerprint density at radius 2 is 1.80 bits per heavy atom. The van der Waals surface area contributed by atoms with Crippen molar-refractivity contribution in [1.82, 2.24) is 0 Å². The molecule has 0 aliphatic carbocycles. The van der Waals surface area contributed by atoms with Crippen LogP contribution in [0.4, 0.5) is 24.5 Å². The highest BCUT2D eigenvalue weighted by Gasteiger charge is 2.31. The maximum Gasteiger partial charge on any atom is 0.416 e. The first-order chi connectivity index (χ1) is 11.7. The highest BCUT2D eigenvalue weighted by atomic mass is 19.4. The summed E-state index contributed by atoms with van der Waals surface area (Å²) in [6, 6.07) is 12.8. The first kappa shape index (κ1) is 18.6. The van der Waals surface area contributed by atoms with Gasteiger partial charge in [-0.2, -0.15) is 13.2 Å². The molecule has 6 heteroatoms. The lowest BCUT2D eigenvalue weighted by Gasteiger charge is -2.24. The van der Waals surface area contributed by atoms with Crippen molar-refractivity contribution in [2.75, 3.05) is 17.3 Å². The Morgan fingerprint density at radius 1 is 1.16 bits per heavy atom. The Kier molecular flexibility index (Phi) is 5.51. The molecule has 0 radical (unpaired) electrons. The summed E-state index contributed by atoms with van der Waals surface area (Å²) in [5.41, 5.74) is 0.991. The third-order valence-corrected chi connectivity index (χ3v) is 3.63. The number of rotatable bonds is 5. The molecule has 2 rings (SSSR count). The average molecular weight is 348 g/mol. The Bertz CT molecular complexity index is 770. The van der Waals surface area contributed by atoms with Crippen molar-refractivity contribution in [3.63, 3.8) is 0 Å². The molecule has 1 N–H and O–H groups in total. The highest BCUT2D eigenvalue weighted by Crippen LogP contribution is 2.35. The molecule has 0 heterocycles. The van der Waals surface area contributed by atoms with E-state index in [1.165, 1.54) is 13.0 Å². The first-order valence-electron chi connectivity index (χ1n) is 7.61. The minimum Gasteiger partial charge on any atom is -0.369 e. The smallest absolute Gasteiger partial charge is 0.369 e. The van der Waals surface area contributed by atoms with Crippen molar-refractivity contribution >= 4 is 17.3 Å². The van der Waals surface area contributed by atoms with Crippen molar-refractivity contribution in [2.24, 2.45) is 0 Å². The standard InChI is InChI=1S/C19H19F3N2O/c1-13(2)18(25)23-16-11-15(19(20,21)22)9-10-17(16)24(3)12-14-7-5-4-6-8-14/h4-11H,1,12H2,2-3H3,(H,23,25). The van der Waals surface area contributed by atoms with Crippen LogP contribution in [0.3, 0.4) is 0 Å². The van der Waals surface area contributed by atoms with Gasteiger partial charge in [0.2, 0.25) is 0 Å². The molecule has 0 aromatic heterocycles. The first-order valence-corrected chi connectivity index (χ1v) is 7.61. The number of carbonyl (C=O) groups excluding carboxylic acids is 1. The molecule has 0 fully saturated rings. The normalized spacial score (nSPS) is 11.1. The second-order valence-electron chi connectivity index (χ2n) is 5.81. The van der Waals surface area contributed by atoms with Gasteiger partial charge >= 0.3 is 6.18 Å². The maximum absolute atomic E-state index is 13.0. The Balaban J connectivity index is 2.37. The van der Waals surface area contributed by atoms with Crippen molar-refractivity contribution < 1.29 is 18.0 Å². The van der Waals surface area contributed by atoms with Crippen LogP contribution in [-0.4, -0.2) is 13.0 Å². The fourth-order valence-corrected chi connectivity index (χ4v) is 2.32. The number of nitrogens with zero attached hydrogens (tertiary/aromatic N) is 1. The van der Waals surface area contributed by atoms with E-state index >= 15 is 0 Å². The molecule has 0 saturated heterocycles. The van der Waals surface area contributed by atoms with E-state index in [1.54, 1.807) is 11.9 Å². The molecular weight excluding hydrogens is 329 g/mol. The number of carbonyl (C=O) groups is 1. The second-order valence-corrected chi connectivity index (χ2v) is 5.81. The second kappa shape index (κ2) is 7.42. The SMILES string of the molecule is C=C(C)C(=O)Nc1cc(C(F)(F)F)ccc1N(C)Cc1ccccc1. The molecule has 1 amide bonds. The molecular formula is C19H19F3N2O. The molecule has 0 unspecified atom stereocenters. The van der Waals surface area contributed by atoms with Crippen molar-refractivity contribution in [2.45, 2.75) is 19.6 Å². The van der Waals surface area contributed by atoms with Crippen LogP contribution in [0.2, 0.25) is 0 Å². The fourth-order valence-electron chi connectivity index (χ4n) is 2.32. The average Bonchev–Trinajstić information content (AvgIpc) is 2.54. The van der Waals surface area contributed by atoms with Crippen LogP contribution in [0, 0.1) is 0 Å². The van der Waals surface area contributed by atoms with Crippen LogP contribution in [-0.2, 0) is 17.5 Å². The number of amides is 1. The van der Waals surface area contributed by atoms with Gasteiger partial charge in [-0.05, 0) is 30.7 Å². The molecule has 0 aliphatic rings. The predicted octanol–water partition coefficient (Wildman–Crippen LogP) is 4.86. The Hall–Kier alpha value is -2.76. The van der Waals surface area contributed by atoms with Gasteiger partial charge in [0.25, 0.3) is 5.91 Å². The summed E-state index contributed by atoms with van der Waals surface area (Å²) >= 11 is 0. The summed E-state index contributed by atoms with van der Waals surface area (Å²) in [7, 11) is 1.76. The van der Waals surface area contributed by atoms with Gasteiger partial charge in [-0.15, -0.1) is 0 Å². The van der Waals surface area contributed by atoms with Gasteiger partial charge in [0, 0.05) is 19.2 Å². The molecule has 0 bridgehead atoms. The summed E-state index contributed by atoms with van der Waals surface area (Å²) in [5, 5.41) is 2.51. The van der Waals surface area contributed by atoms with E-state index in [4.69, 9.17) is 0 Å². The molecule has 0 aliphatic heterocycles. The lowest BCUT2D eigenvalue weighted by Crippen LogP contribution is -2.21. The molecule has 132 valence electrons. The third kappa shape index (κ3) is 4.86. The number of halogens is 3. The molecule has 2 aromatic rings. The third-order valence-electron chi connectivity index (χ3n) is 3.63. The van der Waals surface area contributed by atoms with Gasteiger partial charge in [-0.1, -0.05) is 36.9 Å². The largest absolute Gasteiger partial charge is 0.416 e. The van der Waals surface area contributed by atoms with E-state index in [1.807, 2.05) is 30.3 Å². The van der Waals surface area contributed by atoms with Gasteiger partial charge in [0.15, 0.2) is 0 Å². The summed E-state index contributed by atoms with van der Waals surface area (Å²) in [6.45, 7) is 5.50. The summed E-state index contributed by atoms with van der Waals surface area (Å²) in [6.07, 6.45) is -4.49. The van der Waals surface area contributed by atoms with Gasteiger partial charge in [-0.25, -0.2) is 0 Å². The minimum absolute atomic E-state index is 0.0984. The molecule has 0 atom stereocenters. The Morgan fingerprint density at radius 3 is 2.36 bits per heavy atom. The highest BCUT2D eigenvalue weighted by molar-refractivity contribution is 6.04. The topological polar surface area (TPSA) is 32.3 Å². The van der Waals surface area contributed by atoms with E-state index in [-0.39, 0.29) is 11.3 Å². The zero-order chi connectivity index (χ0) is 18.6. The van der Waals surface area contributed by atoms with Gasteiger partial charge < -0.3 is 10.2 Å². The van der Waals surface area contributed by atoms with Crippen LogP contribution < -0.4 is 10.2 Å². The van der Waals surface area contributed by atoms with Crippen LogP contribution in [0.5, 0.6) is 0 Å². The van der Waals surface area contributed by atoms with Gasteiger partial charge in [0.1, 0.15) is 0 Å². The number of alkyl halides is 3. The van der Waals surface area contributed by atoms with Crippen LogP contribution in [0.15, 0.2) is 60.7 Å². The van der Waals surface area contributed by atoms with E-state index in [9.17, 15) is 18.0 Å². The van der Waals surface area contributed by atoms with E-state index in [0.717, 1.165) is 17.7 Å². The molecule has 0 saturated carbocycles. The zero-order valence-corrected chi connectivity index (χ0v) is 14.0. The zero-order valence-electron chi connectivity index (χ0n) is 14.0. The van der Waals surface area contributed by atoms with Crippen molar-refractivity contribution in [1.29, 1.82) is 0 Å². The molecule has 2 aromatic carbocycles. The van der Waals surface area contributed by atoms with Gasteiger partial charge in [0.05, 0.1) is 16.9 Å². The van der Waals surface area contributed by atoms with Crippen LogP contribution in [0.25, 0.3) is 0 Å². The van der Waals surface area contributed by atoms with Gasteiger partial charge in [-0.3, -0.25) is 4.79 Å². The fraction of sp³-hybridized carbons (Fsp3) is 0.211. The van der Waals surface area contributed by atoms with E-state index in [0.29, 0.717) is 12.2 Å². The lowest BCUT2D eigenvalue weighted by molar-refractivity contribution is -0.137. The van der Waals surface area contributed by atoms with E-state index < -0.39 is 17.6 Å². The molecule has 25 heavy (non-hydrogen) atoms. The quantitative estimate of drug-likeness (QED) is 0.783. The number of benzene rings is 2. The lowest BCUT2D eigenvalue weighted by atomic mass is 10.1. The summed E-state index contributed by atoms with van der Waals surface area (Å²) in [4.78, 5) is 13.7. The van der Waals surface area contributed by atoms with Crippen molar-refractivity contribution in [3.8, 4) is 0 Å². The number of hydrogen-bond donors (Lipinski definition) is 1. The van der Waals surface area contributed by atoms with Crippen molar-refractivity contribution in [3.05, 3.63) is 71.8 Å². The number of anilines is 2. The number of hydrogen-bond acceptors (Lipinski definition) is 2. The van der Waals surface area contributed by atoms with E-state index in [2.05, 4.69) is 11.9 Å².